The molecule has 112 valence electrons. The van der Waals surface area contributed by atoms with E-state index in [0.717, 1.165) is 5.56 Å². The molecule has 0 amide bonds. The number of rotatable bonds is 5. The largest absolute Gasteiger partial charge is 0.358 e. The van der Waals surface area contributed by atoms with E-state index in [0.29, 0.717) is 23.3 Å². The van der Waals surface area contributed by atoms with Crippen LogP contribution in [-0.2, 0) is 9.84 Å². The predicted molar refractivity (Wildman–Crippen MR) is 85.5 cm³/mol. The number of halogens is 1. The second-order valence-corrected chi connectivity index (χ2v) is 7.44. The Morgan fingerprint density at radius 2 is 1.86 bits per heavy atom. The van der Waals surface area contributed by atoms with Crippen molar-refractivity contribution < 1.29 is 8.42 Å². The molecule has 0 atom stereocenters. The zero-order valence-corrected chi connectivity index (χ0v) is 13.4. The molecule has 7 heteroatoms. The number of hydrogen-bond donors (Lipinski definition) is 0. The van der Waals surface area contributed by atoms with Crippen LogP contribution >= 0.6 is 11.6 Å². The maximum Gasteiger partial charge on any atom is 0.163 e. The van der Waals surface area contributed by atoms with E-state index in [1.54, 1.807) is 18.0 Å². The van der Waals surface area contributed by atoms with E-state index in [-0.39, 0.29) is 5.75 Å². The molecule has 1 aromatic carbocycles. The van der Waals surface area contributed by atoms with Crippen LogP contribution in [0.5, 0.6) is 0 Å². The molecule has 0 N–H and O–H groups in total. The van der Waals surface area contributed by atoms with E-state index in [1.807, 2.05) is 30.3 Å². The van der Waals surface area contributed by atoms with Crippen molar-refractivity contribution in [1.82, 2.24) is 9.97 Å². The van der Waals surface area contributed by atoms with Crippen LogP contribution < -0.4 is 4.90 Å². The summed E-state index contributed by atoms with van der Waals surface area (Å²) in [7, 11) is -1.24. The summed E-state index contributed by atoms with van der Waals surface area (Å²) in [5.41, 5.74) is 0.859. The van der Waals surface area contributed by atoms with Gasteiger partial charge in [0.2, 0.25) is 0 Å². The molecule has 0 fully saturated rings. The fourth-order valence-electron chi connectivity index (χ4n) is 1.73. The Labute approximate surface area is 129 Å². The van der Waals surface area contributed by atoms with Gasteiger partial charge in [-0.15, -0.1) is 0 Å². The first kappa shape index (κ1) is 15.7. The quantitative estimate of drug-likeness (QED) is 0.789. The van der Waals surface area contributed by atoms with Crippen molar-refractivity contribution in [3.8, 4) is 11.4 Å². The number of aromatic nitrogens is 2. The lowest BCUT2D eigenvalue weighted by Crippen LogP contribution is -2.25. The van der Waals surface area contributed by atoms with Crippen molar-refractivity contribution in [1.29, 1.82) is 0 Å². The lowest BCUT2D eigenvalue weighted by Gasteiger charge is -2.18. The molecule has 1 aromatic heterocycles. The molecule has 0 aliphatic rings. The van der Waals surface area contributed by atoms with Gasteiger partial charge in [-0.3, -0.25) is 0 Å². The smallest absolute Gasteiger partial charge is 0.163 e. The zero-order chi connectivity index (χ0) is 15.5. The van der Waals surface area contributed by atoms with Gasteiger partial charge in [-0.2, -0.15) is 0 Å². The van der Waals surface area contributed by atoms with Gasteiger partial charge in [0.05, 0.1) is 5.75 Å². The van der Waals surface area contributed by atoms with Gasteiger partial charge < -0.3 is 4.90 Å². The van der Waals surface area contributed by atoms with E-state index in [1.165, 1.54) is 6.26 Å². The fraction of sp³-hybridized carbons (Fsp3) is 0.286. The van der Waals surface area contributed by atoms with Crippen molar-refractivity contribution in [2.75, 3.05) is 30.5 Å². The van der Waals surface area contributed by atoms with Gasteiger partial charge in [0, 0.05) is 31.5 Å². The summed E-state index contributed by atoms with van der Waals surface area (Å²) >= 11 is 6.04. The maximum absolute atomic E-state index is 11.2. The summed E-state index contributed by atoms with van der Waals surface area (Å²) < 4.78 is 22.5. The highest BCUT2D eigenvalue weighted by Gasteiger charge is 2.11. The van der Waals surface area contributed by atoms with Gasteiger partial charge in [-0.1, -0.05) is 41.9 Å². The van der Waals surface area contributed by atoms with Crippen LogP contribution in [0, 0.1) is 0 Å². The third-order valence-corrected chi connectivity index (χ3v) is 4.02. The van der Waals surface area contributed by atoms with E-state index < -0.39 is 9.84 Å². The highest BCUT2D eigenvalue weighted by molar-refractivity contribution is 7.90. The normalized spacial score (nSPS) is 11.4. The molecule has 0 saturated carbocycles. The first-order valence-electron chi connectivity index (χ1n) is 6.34. The summed E-state index contributed by atoms with van der Waals surface area (Å²) in [4.78, 5) is 10.4. The second-order valence-electron chi connectivity index (χ2n) is 4.79. The standard InChI is InChI=1S/C14H16ClN3O2S/c1-18(8-9-21(2,19)20)13-10-12(15)16-14(17-13)11-6-4-3-5-7-11/h3-7,10H,8-9H2,1-2H3. The van der Waals surface area contributed by atoms with E-state index in [2.05, 4.69) is 9.97 Å². The van der Waals surface area contributed by atoms with Gasteiger partial charge in [-0.25, -0.2) is 18.4 Å². The van der Waals surface area contributed by atoms with Crippen molar-refractivity contribution in [2.45, 2.75) is 0 Å². The molecular weight excluding hydrogens is 310 g/mol. The van der Waals surface area contributed by atoms with Gasteiger partial charge in [0.15, 0.2) is 5.82 Å². The summed E-state index contributed by atoms with van der Waals surface area (Å²) in [5, 5.41) is 0.324. The van der Waals surface area contributed by atoms with Crippen LogP contribution in [-0.4, -0.2) is 44.0 Å². The Morgan fingerprint density at radius 1 is 1.19 bits per heavy atom. The molecule has 5 nitrogen and oxygen atoms in total. The van der Waals surface area contributed by atoms with E-state index >= 15 is 0 Å². The van der Waals surface area contributed by atoms with Crippen LogP contribution in [0.2, 0.25) is 5.15 Å². The minimum atomic E-state index is -3.02. The minimum Gasteiger partial charge on any atom is -0.358 e. The zero-order valence-electron chi connectivity index (χ0n) is 11.8. The number of hydrogen-bond acceptors (Lipinski definition) is 5. The minimum absolute atomic E-state index is 0.0613. The van der Waals surface area contributed by atoms with Crippen LogP contribution in [0.1, 0.15) is 0 Å². The number of anilines is 1. The van der Waals surface area contributed by atoms with Gasteiger partial charge >= 0.3 is 0 Å². The Balaban J connectivity index is 2.27. The van der Waals surface area contributed by atoms with Crippen LogP contribution in [0.15, 0.2) is 36.4 Å². The topological polar surface area (TPSA) is 63.2 Å². The summed E-state index contributed by atoms with van der Waals surface area (Å²) in [6.07, 6.45) is 1.21. The highest BCUT2D eigenvalue weighted by Crippen LogP contribution is 2.21. The average molecular weight is 326 g/mol. The van der Waals surface area contributed by atoms with Gasteiger partial charge in [-0.05, 0) is 0 Å². The third-order valence-electron chi connectivity index (χ3n) is 2.90. The van der Waals surface area contributed by atoms with Crippen LogP contribution in [0.3, 0.4) is 0 Å². The Kier molecular flexibility index (Phi) is 4.80. The molecule has 0 aliphatic heterocycles. The third kappa shape index (κ3) is 4.68. The number of sulfone groups is 1. The molecule has 2 aromatic rings. The lowest BCUT2D eigenvalue weighted by molar-refractivity contribution is 0.601. The molecule has 2 rings (SSSR count). The predicted octanol–water partition coefficient (Wildman–Crippen LogP) is 2.28. The first-order valence-corrected chi connectivity index (χ1v) is 8.78. The Bertz CT molecular complexity index is 720. The van der Waals surface area contributed by atoms with Crippen LogP contribution in [0.25, 0.3) is 11.4 Å². The number of benzene rings is 1. The molecule has 0 radical (unpaired) electrons. The van der Waals surface area contributed by atoms with Crippen molar-refractivity contribution in [2.24, 2.45) is 0 Å². The molecule has 21 heavy (non-hydrogen) atoms. The summed E-state index contributed by atoms with van der Waals surface area (Å²) in [5.74, 6) is 1.17. The first-order chi connectivity index (χ1) is 9.85. The van der Waals surface area contributed by atoms with Gasteiger partial charge in [0.25, 0.3) is 0 Å². The monoisotopic (exact) mass is 325 g/mol. The molecule has 0 aliphatic carbocycles. The lowest BCUT2D eigenvalue weighted by atomic mass is 10.2. The molecule has 0 bridgehead atoms. The Hall–Kier alpha value is -1.66. The molecular formula is C14H16ClN3O2S. The van der Waals surface area contributed by atoms with E-state index in [9.17, 15) is 8.42 Å². The highest BCUT2D eigenvalue weighted by atomic mass is 35.5. The SMILES string of the molecule is CN(CCS(C)(=O)=O)c1cc(Cl)nc(-c2ccccc2)n1. The summed E-state index contributed by atoms with van der Waals surface area (Å²) in [6, 6.07) is 11.1. The number of nitrogens with zero attached hydrogens (tertiary/aromatic N) is 3. The van der Waals surface area contributed by atoms with Crippen molar-refractivity contribution in [3.63, 3.8) is 0 Å². The maximum atomic E-state index is 11.2. The van der Waals surface area contributed by atoms with Crippen molar-refractivity contribution in [3.05, 3.63) is 41.6 Å². The van der Waals surface area contributed by atoms with Gasteiger partial charge in [0.1, 0.15) is 20.8 Å². The Morgan fingerprint density at radius 3 is 2.48 bits per heavy atom. The summed E-state index contributed by atoms with van der Waals surface area (Å²) in [6.45, 7) is 0.348. The van der Waals surface area contributed by atoms with Crippen molar-refractivity contribution >= 4 is 27.3 Å². The fourth-order valence-corrected chi connectivity index (χ4v) is 2.52. The molecule has 0 saturated heterocycles. The average Bonchev–Trinajstić information content (AvgIpc) is 2.44. The van der Waals surface area contributed by atoms with E-state index in [4.69, 9.17) is 11.6 Å². The molecule has 0 unspecified atom stereocenters. The molecule has 1 heterocycles. The molecule has 0 spiro atoms. The van der Waals surface area contributed by atoms with Crippen LogP contribution in [0.4, 0.5) is 5.82 Å². The second kappa shape index (κ2) is 6.41.